The molecule has 12 atom stereocenters. The molecular weight excluding hydrogens is 841 g/mol. The Kier molecular flexibility index (Phi) is 18.1. The molecule has 5 saturated heterocycles. The zero-order valence-corrected chi connectivity index (χ0v) is 39.1. The third-order valence-electron chi connectivity index (χ3n) is 14.3. The minimum atomic E-state index is -1.53. The predicted molar refractivity (Wildman–Crippen MR) is 238 cm³/mol. The van der Waals surface area contributed by atoms with Crippen LogP contribution < -0.4 is 32.3 Å². The molecule has 0 unspecified atom stereocenters. The van der Waals surface area contributed by atoms with Crippen molar-refractivity contribution in [1.29, 1.82) is 0 Å². The summed E-state index contributed by atoms with van der Waals surface area (Å²) in [5, 5.41) is 24.5. The van der Waals surface area contributed by atoms with Crippen molar-refractivity contribution in [2.75, 3.05) is 32.7 Å². The Morgan fingerprint density at radius 3 is 1.34 bits per heavy atom. The lowest BCUT2D eigenvalue weighted by molar-refractivity contribution is -0.150. The number of unbranched alkanes of at least 4 members (excludes halogenated alkanes) is 1. The Hall–Kier alpha value is -4.85. The van der Waals surface area contributed by atoms with Gasteiger partial charge in [-0.25, -0.2) is 0 Å². The highest BCUT2D eigenvalue weighted by atomic mass is 16.3. The monoisotopic (exact) mass is 915 g/mol. The maximum atomic E-state index is 14.5. The zero-order chi connectivity index (χ0) is 47.7. The molecule has 9 amide bonds. The van der Waals surface area contributed by atoms with Crippen LogP contribution in [0.5, 0.6) is 0 Å². The summed E-state index contributed by atoms with van der Waals surface area (Å²) in [6, 6.07) is -9.72. The van der Waals surface area contributed by atoms with Crippen molar-refractivity contribution >= 4 is 53.2 Å². The Balaban J connectivity index is 1.51. The molecule has 364 valence electrons. The predicted octanol–water partition coefficient (Wildman–Crippen LogP) is -0.990. The van der Waals surface area contributed by atoms with E-state index in [1.165, 1.54) is 33.4 Å². The van der Waals surface area contributed by atoms with Gasteiger partial charge in [0.1, 0.15) is 54.4 Å². The van der Waals surface area contributed by atoms with Crippen molar-refractivity contribution in [3.8, 4) is 0 Å². The van der Waals surface area contributed by atoms with Crippen molar-refractivity contribution in [1.82, 2.24) is 46.2 Å². The number of nitrogens with one attached hydrogen (secondary N) is 5. The van der Waals surface area contributed by atoms with Gasteiger partial charge < -0.3 is 57.0 Å². The molecule has 5 aliphatic heterocycles. The van der Waals surface area contributed by atoms with Crippen molar-refractivity contribution in [2.24, 2.45) is 17.6 Å². The van der Waals surface area contributed by atoms with Gasteiger partial charge in [0.05, 0.1) is 6.10 Å². The topological polar surface area (TPSA) is 273 Å². The Labute approximate surface area is 382 Å². The molecule has 0 aromatic rings. The number of nitrogens with zero attached hydrogens (tertiary/aromatic N) is 4. The van der Waals surface area contributed by atoms with Crippen LogP contribution in [0, 0.1) is 11.8 Å². The van der Waals surface area contributed by atoms with Crippen LogP contribution in [0.4, 0.5) is 0 Å². The summed E-state index contributed by atoms with van der Waals surface area (Å²) in [6.45, 7) is 11.5. The van der Waals surface area contributed by atoms with E-state index >= 15 is 0 Å². The summed E-state index contributed by atoms with van der Waals surface area (Å²) in [5.74, 6) is -5.89. The highest BCUT2D eigenvalue weighted by Crippen LogP contribution is 2.30. The molecule has 0 saturated carbocycles. The lowest BCUT2D eigenvalue weighted by atomic mass is 9.96. The number of nitrogens with two attached hydrogens (primary N) is 1. The minimum absolute atomic E-state index is 0.111. The number of amides is 9. The standard InChI is InChI=1S/C45H74N10O10/c1-7-25(3)34-44(64)54-23-13-18-32(54)42(62)52-21-11-16-30(52)39(59)50-35(26(4)8-2)45(65)55-24-14-19-33(55)43(63)53-22-12-17-31(53)40(60)51-36(28(6)56)41(61)48-29(15-9-10-20-46)38(58)47-27(5)37(57)49-34/h25-36,56H,7-24,46H2,1-6H3,(H,47,58)(H,48,61)(H,49,57)(H,50,59)(H,51,60)/t25-,26-,27-,28+,29-,30-,31+,32-,33-,34-,35-,36-/m0/s1. The normalized spacial score (nSPS) is 32.1. The van der Waals surface area contributed by atoms with Crippen LogP contribution >= 0.6 is 0 Å². The fourth-order valence-corrected chi connectivity index (χ4v) is 9.87. The molecule has 20 heteroatoms. The summed E-state index contributed by atoms with van der Waals surface area (Å²) >= 11 is 0. The van der Waals surface area contributed by atoms with Gasteiger partial charge in [-0.15, -0.1) is 0 Å². The van der Waals surface area contributed by atoms with E-state index in [1.807, 2.05) is 20.8 Å². The first-order valence-corrected chi connectivity index (χ1v) is 24.1. The molecule has 65 heavy (non-hydrogen) atoms. The average Bonchev–Trinajstić information content (AvgIpc) is 4.14. The number of fused-ring (bicyclic) bond motifs is 4. The van der Waals surface area contributed by atoms with E-state index in [2.05, 4.69) is 26.6 Å². The SMILES string of the molecule is CC[C@H](C)[C@@H]1NC(=O)[C@@H]2CCCN2C(=O)[C@@H]2CCCN2C(=O)[C@H]([C@@H](C)CC)NC(=O)[C@H](C)NC(=O)[C@H](CCCCN)NC(=O)[C@H]([C@@H](C)O)NC(=O)[C@H]2CCCN2C(=O)[C@@H]2CCCN2C1=O. The number of hydrogen-bond acceptors (Lipinski definition) is 11. The second-order valence-electron chi connectivity index (χ2n) is 18.8. The summed E-state index contributed by atoms with van der Waals surface area (Å²) in [5.41, 5.74) is 5.73. The number of carbonyl (C=O) groups excluding carboxylic acids is 9. The van der Waals surface area contributed by atoms with Gasteiger partial charge in [-0.2, -0.15) is 0 Å². The lowest BCUT2D eigenvalue weighted by Gasteiger charge is -2.36. The molecule has 0 bridgehead atoms. The fourth-order valence-electron chi connectivity index (χ4n) is 9.87. The quantitative estimate of drug-likeness (QED) is 0.138. The van der Waals surface area contributed by atoms with Crippen LogP contribution in [0.3, 0.4) is 0 Å². The highest BCUT2D eigenvalue weighted by molar-refractivity contribution is 6.00. The maximum Gasteiger partial charge on any atom is 0.246 e. The number of carbonyl (C=O) groups is 9. The second kappa shape index (κ2) is 23.1. The maximum absolute atomic E-state index is 14.5. The molecule has 0 aromatic heterocycles. The molecule has 0 spiro atoms. The molecule has 20 nitrogen and oxygen atoms in total. The lowest BCUT2D eigenvalue weighted by Crippen LogP contribution is -2.61. The number of aliphatic hydroxyl groups excluding tert-OH is 1. The van der Waals surface area contributed by atoms with Crippen LogP contribution in [0.2, 0.25) is 0 Å². The first kappa shape index (κ1) is 51.1. The van der Waals surface area contributed by atoms with E-state index in [0.717, 1.165) is 0 Å². The number of rotatable bonds is 9. The molecule has 5 fully saturated rings. The summed E-state index contributed by atoms with van der Waals surface area (Å²) in [7, 11) is 0. The van der Waals surface area contributed by atoms with Gasteiger partial charge in [-0.1, -0.05) is 40.5 Å². The second-order valence-corrected chi connectivity index (χ2v) is 18.8. The summed E-state index contributed by atoms with van der Waals surface area (Å²) in [6.07, 6.45) is 3.98. The molecule has 5 aliphatic rings. The largest absolute Gasteiger partial charge is 0.391 e. The van der Waals surface area contributed by atoms with Gasteiger partial charge >= 0.3 is 0 Å². The molecule has 5 heterocycles. The van der Waals surface area contributed by atoms with Gasteiger partial charge in [0.25, 0.3) is 0 Å². The highest BCUT2D eigenvalue weighted by Gasteiger charge is 2.48. The zero-order valence-electron chi connectivity index (χ0n) is 39.1. The van der Waals surface area contributed by atoms with Gasteiger partial charge in [-0.3, -0.25) is 43.2 Å². The molecule has 0 aromatic carbocycles. The van der Waals surface area contributed by atoms with Gasteiger partial charge in [-0.05, 0) is 103 Å². The van der Waals surface area contributed by atoms with E-state index in [1.54, 1.807) is 6.92 Å². The van der Waals surface area contributed by atoms with Crippen LogP contribution in [-0.2, 0) is 43.2 Å². The summed E-state index contributed by atoms with van der Waals surface area (Å²) in [4.78, 5) is 133. The Bertz CT molecular complexity index is 1780. The molecule has 8 N–H and O–H groups in total. The molecule has 5 rings (SSSR count). The van der Waals surface area contributed by atoms with E-state index < -0.39 is 108 Å². The van der Waals surface area contributed by atoms with E-state index in [4.69, 9.17) is 5.73 Å². The van der Waals surface area contributed by atoms with E-state index in [0.29, 0.717) is 77.2 Å². The molecular formula is C45H74N10O10. The summed E-state index contributed by atoms with van der Waals surface area (Å²) < 4.78 is 0. The van der Waals surface area contributed by atoms with Crippen LogP contribution in [0.25, 0.3) is 0 Å². The Morgan fingerprint density at radius 2 is 0.923 bits per heavy atom. The first-order valence-electron chi connectivity index (χ1n) is 24.1. The van der Waals surface area contributed by atoms with Gasteiger partial charge in [0.2, 0.25) is 53.2 Å². The minimum Gasteiger partial charge on any atom is -0.391 e. The van der Waals surface area contributed by atoms with Crippen molar-refractivity contribution in [3.05, 3.63) is 0 Å². The van der Waals surface area contributed by atoms with Crippen molar-refractivity contribution in [3.63, 3.8) is 0 Å². The fraction of sp³-hybridized carbons (Fsp3) is 0.800. The third kappa shape index (κ3) is 11.8. The van der Waals surface area contributed by atoms with Crippen LogP contribution in [-0.4, -0.2) is 171 Å². The molecule has 0 aliphatic carbocycles. The van der Waals surface area contributed by atoms with Gasteiger partial charge in [0, 0.05) is 26.2 Å². The smallest absolute Gasteiger partial charge is 0.246 e. The van der Waals surface area contributed by atoms with Gasteiger partial charge in [0.15, 0.2) is 0 Å². The first-order chi connectivity index (χ1) is 30.9. The number of aliphatic hydroxyl groups is 1. The van der Waals surface area contributed by atoms with E-state index in [9.17, 15) is 48.3 Å². The average molecular weight is 915 g/mol. The Morgan fingerprint density at radius 1 is 0.523 bits per heavy atom. The third-order valence-corrected chi connectivity index (χ3v) is 14.3. The van der Waals surface area contributed by atoms with E-state index in [-0.39, 0.29) is 56.8 Å². The van der Waals surface area contributed by atoms with Crippen LogP contribution in [0.1, 0.15) is 125 Å². The van der Waals surface area contributed by atoms with Crippen LogP contribution in [0.15, 0.2) is 0 Å². The van der Waals surface area contributed by atoms with Crippen molar-refractivity contribution in [2.45, 2.75) is 185 Å². The number of hydrogen-bond donors (Lipinski definition) is 7. The molecule has 0 radical (unpaired) electrons. The van der Waals surface area contributed by atoms with Crippen molar-refractivity contribution < 1.29 is 48.3 Å².